The Morgan fingerprint density at radius 1 is 1.03 bits per heavy atom. The number of aromatic hydroxyl groups is 1. The normalized spacial score (nSPS) is 20.7. The molecule has 0 radical (unpaired) electrons. The number of hydrogen-bond donors (Lipinski definition) is 1. The summed E-state index contributed by atoms with van der Waals surface area (Å²) in [7, 11) is 1.61. The van der Waals surface area contributed by atoms with Gasteiger partial charge in [-0.15, -0.1) is 0 Å². The third-order valence-electron chi connectivity index (χ3n) is 6.96. The van der Waals surface area contributed by atoms with Gasteiger partial charge in [-0.3, -0.25) is 14.4 Å². The predicted octanol–water partition coefficient (Wildman–Crippen LogP) is 2.17. The molecule has 3 amide bonds. The number of benzene rings is 1. The molecular formula is C24H27FN4O4. The van der Waals surface area contributed by atoms with Crippen molar-refractivity contribution in [2.75, 3.05) is 33.2 Å². The quantitative estimate of drug-likeness (QED) is 0.770. The van der Waals surface area contributed by atoms with Crippen molar-refractivity contribution < 1.29 is 23.9 Å². The van der Waals surface area contributed by atoms with Gasteiger partial charge in [-0.25, -0.2) is 4.39 Å². The van der Waals surface area contributed by atoms with E-state index in [1.165, 1.54) is 17.0 Å². The maximum Gasteiger partial charge on any atom is 0.274 e. The van der Waals surface area contributed by atoms with E-state index in [4.69, 9.17) is 0 Å². The van der Waals surface area contributed by atoms with Crippen LogP contribution in [0.4, 0.5) is 4.39 Å². The molecule has 0 bridgehead atoms. The van der Waals surface area contributed by atoms with Crippen LogP contribution in [0.3, 0.4) is 0 Å². The van der Waals surface area contributed by atoms with E-state index in [0.717, 1.165) is 24.8 Å². The number of carbonyl (C=O) groups excluding carboxylic acids is 3. The van der Waals surface area contributed by atoms with Crippen LogP contribution in [0.5, 0.6) is 5.75 Å². The summed E-state index contributed by atoms with van der Waals surface area (Å²) in [6, 6.07) is 5.92. The second-order valence-corrected chi connectivity index (χ2v) is 9.09. The minimum atomic E-state index is -0.614. The van der Waals surface area contributed by atoms with E-state index in [-0.39, 0.29) is 47.7 Å². The molecule has 0 aliphatic carbocycles. The number of carbonyl (C=O) groups is 3. The summed E-state index contributed by atoms with van der Waals surface area (Å²) < 4.78 is 14.9. The number of halogens is 1. The van der Waals surface area contributed by atoms with Crippen LogP contribution < -0.4 is 0 Å². The second-order valence-electron chi connectivity index (χ2n) is 9.09. The first-order valence-corrected chi connectivity index (χ1v) is 11.4. The van der Waals surface area contributed by atoms with Crippen molar-refractivity contribution in [2.45, 2.75) is 38.3 Å². The lowest BCUT2D eigenvalue weighted by Crippen LogP contribution is -2.47. The number of nitrogens with zero attached hydrogens (tertiary/aromatic N) is 4. The topological polar surface area (TPSA) is 86.1 Å². The lowest BCUT2D eigenvalue weighted by molar-refractivity contribution is -0.134. The fraction of sp³-hybridized carbons (Fsp3) is 0.458. The van der Waals surface area contributed by atoms with Crippen LogP contribution in [0.25, 0.3) is 0 Å². The number of piperidine rings is 1. The molecule has 1 aromatic carbocycles. The lowest BCUT2D eigenvalue weighted by atomic mass is 9.93. The Bertz CT molecular complexity index is 1120. The maximum absolute atomic E-state index is 13.4. The van der Waals surface area contributed by atoms with E-state index < -0.39 is 11.8 Å². The third-order valence-corrected chi connectivity index (χ3v) is 6.96. The summed E-state index contributed by atoms with van der Waals surface area (Å²) >= 11 is 0. The van der Waals surface area contributed by atoms with Gasteiger partial charge in [0.05, 0.1) is 5.92 Å². The van der Waals surface area contributed by atoms with Gasteiger partial charge in [-0.1, -0.05) is 12.1 Å². The average molecular weight is 455 g/mol. The van der Waals surface area contributed by atoms with Gasteiger partial charge in [0.1, 0.15) is 11.4 Å². The van der Waals surface area contributed by atoms with Crippen molar-refractivity contribution >= 4 is 17.7 Å². The Balaban J connectivity index is 1.51. The summed E-state index contributed by atoms with van der Waals surface area (Å²) in [6.45, 7) is 2.58. The van der Waals surface area contributed by atoms with E-state index in [2.05, 4.69) is 0 Å². The molecule has 1 atom stereocenters. The molecule has 4 heterocycles. The standard InChI is InChI=1S/C24H27FN4O4/c1-26-14-17(22(31)27-9-3-2-4-10-27)19-18(23(26)32)21(30)20-24(33)28(11-12-29(19)20)13-15-5-7-16(25)8-6-15/h5-8,17,30H,2-4,9-14H2,1H3. The molecule has 2 aromatic rings. The number of likely N-dealkylation sites (tertiary alicyclic amines) is 1. The Kier molecular flexibility index (Phi) is 5.34. The van der Waals surface area contributed by atoms with Crippen molar-refractivity contribution in [2.24, 2.45) is 0 Å². The SMILES string of the molecule is CN1CC(C(=O)N2CCCCC2)c2c(c(O)c3n2CCN(Cc2ccc(F)cc2)C3=O)C1=O. The number of aromatic nitrogens is 1. The van der Waals surface area contributed by atoms with Crippen LogP contribution in [0.1, 0.15) is 57.3 Å². The second kappa shape index (κ2) is 8.20. The average Bonchev–Trinajstić information content (AvgIpc) is 3.13. The molecule has 1 aromatic heterocycles. The summed E-state index contributed by atoms with van der Waals surface area (Å²) in [4.78, 5) is 44.6. The summed E-state index contributed by atoms with van der Waals surface area (Å²) in [6.07, 6.45) is 3.00. The van der Waals surface area contributed by atoms with Crippen LogP contribution in [0.2, 0.25) is 0 Å². The van der Waals surface area contributed by atoms with Crippen molar-refractivity contribution in [3.63, 3.8) is 0 Å². The molecule has 1 N–H and O–H groups in total. The molecule has 0 saturated carbocycles. The third kappa shape index (κ3) is 3.55. The maximum atomic E-state index is 13.4. The van der Waals surface area contributed by atoms with Gasteiger partial charge in [0.15, 0.2) is 11.4 Å². The van der Waals surface area contributed by atoms with Crippen LogP contribution >= 0.6 is 0 Å². The molecule has 5 rings (SSSR count). The smallest absolute Gasteiger partial charge is 0.274 e. The van der Waals surface area contributed by atoms with E-state index in [0.29, 0.717) is 31.9 Å². The molecular weight excluding hydrogens is 427 g/mol. The molecule has 174 valence electrons. The Labute approximate surface area is 191 Å². The highest BCUT2D eigenvalue weighted by atomic mass is 19.1. The van der Waals surface area contributed by atoms with E-state index in [1.807, 2.05) is 4.90 Å². The lowest BCUT2D eigenvalue weighted by Gasteiger charge is -2.36. The highest BCUT2D eigenvalue weighted by molar-refractivity contribution is 6.07. The van der Waals surface area contributed by atoms with Gasteiger partial charge in [0.25, 0.3) is 11.8 Å². The van der Waals surface area contributed by atoms with Gasteiger partial charge in [-0.2, -0.15) is 0 Å². The predicted molar refractivity (Wildman–Crippen MR) is 117 cm³/mol. The van der Waals surface area contributed by atoms with Crippen molar-refractivity contribution in [1.82, 2.24) is 19.3 Å². The number of hydrogen-bond acceptors (Lipinski definition) is 4. The number of rotatable bonds is 3. The van der Waals surface area contributed by atoms with Crippen molar-refractivity contribution in [1.29, 1.82) is 0 Å². The number of amides is 3. The Morgan fingerprint density at radius 3 is 2.42 bits per heavy atom. The van der Waals surface area contributed by atoms with Crippen LogP contribution in [0.15, 0.2) is 24.3 Å². The molecule has 1 saturated heterocycles. The van der Waals surface area contributed by atoms with Crippen LogP contribution in [-0.2, 0) is 17.9 Å². The summed E-state index contributed by atoms with van der Waals surface area (Å²) in [5, 5.41) is 11.0. The van der Waals surface area contributed by atoms with Crippen molar-refractivity contribution in [3.05, 3.63) is 52.6 Å². The van der Waals surface area contributed by atoms with E-state index >= 15 is 0 Å². The molecule has 9 heteroatoms. The molecule has 8 nitrogen and oxygen atoms in total. The first kappa shape index (κ1) is 21.5. The number of likely N-dealkylation sites (N-methyl/N-ethyl adjacent to an activating group) is 1. The minimum absolute atomic E-state index is 0.0495. The Morgan fingerprint density at radius 2 is 1.73 bits per heavy atom. The van der Waals surface area contributed by atoms with Gasteiger partial charge in [-0.05, 0) is 37.0 Å². The minimum Gasteiger partial charge on any atom is -0.505 e. The zero-order chi connectivity index (χ0) is 23.3. The highest BCUT2D eigenvalue weighted by Crippen LogP contribution is 2.41. The first-order valence-electron chi connectivity index (χ1n) is 11.4. The summed E-state index contributed by atoms with van der Waals surface area (Å²) in [5.41, 5.74) is 1.33. The van der Waals surface area contributed by atoms with Crippen LogP contribution in [0, 0.1) is 5.82 Å². The zero-order valence-corrected chi connectivity index (χ0v) is 18.6. The molecule has 33 heavy (non-hydrogen) atoms. The molecule has 1 unspecified atom stereocenters. The van der Waals surface area contributed by atoms with Gasteiger partial charge < -0.3 is 24.4 Å². The fourth-order valence-electron chi connectivity index (χ4n) is 5.24. The van der Waals surface area contributed by atoms with Gasteiger partial charge in [0, 0.05) is 52.0 Å². The molecule has 1 fully saturated rings. The first-order chi connectivity index (χ1) is 15.9. The fourth-order valence-corrected chi connectivity index (χ4v) is 5.24. The monoisotopic (exact) mass is 454 g/mol. The molecule has 3 aliphatic rings. The molecule has 3 aliphatic heterocycles. The molecule has 0 spiro atoms. The van der Waals surface area contributed by atoms with E-state index in [9.17, 15) is 23.9 Å². The Hall–Kier alpha value is -3.36. The highest BCUT2D eigenvalue weighted by Gasteiger charge is 2.45. The largest absolute Gasteiger partial charge is 0.505 e. The van der Waals surface area contributed by atoms with Crippen molar-refractivity contribution in [3.8, 4) is 5.75 Å². The zero-order valence-electron chi connectivity index (χ0n) is 18.6. The van der Waals surface area contributed by atoms with Gasteiger partial charge in [0.2, 0.25) is 5.91 Å². The van der Waals surface area contributed by atoms with Crippen LogP contribution in [-0.4, -0.2) is 75.3 Å². The summed E-state index contributed by atoms with van der Waals surface area (Å²) in [5.74, 6) is -2.17. The van der Waals surface area contributed by atoms with E-state index in [1.54, 1.807) is 28.6 Å². The van der Waals surface area contributed by atoms with Gasteiger partial charge >= 0.3 is 0 Å². The number of fused-ring (bicyclic) bond motifs is 3.